The number of methoxy groups -OCH3 is 2. The average molecular weight is 382 g/mol. The lowest BCUT2D eigenvalue weighted by Gasteiger charge is -2.49. The van der Waals surface area contributed by atoms with Crippen LogP contribution >= 0.6 is 0 Å². The number of piperazine rings is 1. The summed E-state index contributed by atoms with van der Waals surface area (Å²) in [5.74, 6) is 1.24. The van der Waals surface area contributed by atoms with Crippen LogP contribution < -0.4 is 14.8 Å². The van der Waals surface area contributed by atoms with E-state index in [0.29, 0.717) is 24.5 Å². The van der Waals surface area contributed by atoms with Crippen LogP contribution in [0.25, 0.3) is 0 Å². The molecule has 1 fully saturated rings. The van der Waals surface area contributed by atoms with E-state index >= 15 is 0 Å². The first-order valence-electron chi connectivity index (χ1n) is 9.60. The van der Waals surface area contributed by atoms with Crippen LogP contribution in [0.15, 0.2) is 42.5 Å². The van der Waals surface area contributed by atoms with Gasteiger partial charge in [-0.05, 0) is 35.2 Å². The molecule has 148 valence electrons. The van der Waals surface area contributed by atoms with Gasteiger partial charge in [0.05, 0.1) is 26.3 Å². The Labute approximate surface area is 165 Å². The summed E-state index contributed by atoms with van der Waals surface area (Å²) in [5.41, 5.74) is 3.50. The van der Waals surface area contributed by atoms with Crippen LogP contribution in [0, 0.1) is 0 Å². The number of nitrogens with one attached hydrogen (secondary N) is 1. The third kappa shape index (κ3) is 3.17. The Morgan fingerprint density at radius 2 is 1.89 bits per heavy atom. The normalized spacial score (nSPS) is 24.2. The van der Waals surface area contributed by atoms with Crippen LogP contribution in [0.3, 0.4) is 0 Å². The summed E-state index contributed by atoms with van der Waals surface area (Å²) in [6.07, 6.45) is 0.711. The summed E-state index contributed by atoms with van der Waals surface area (Å²) in [7, 11) is 3.28. The van der Waals surface area contributed by atoms with Gasteiger partial charge in [0.2, 0.25) is 0 Å². The van der Waals surface area contributed by atoms with Crippen molar-refractivity contribution < 1.29 is 19.4 Å². The Morgan fingerprint density at radius 1 is 1.18 bits per heavy atom. The van der Waals surface area contributed by atoms with Gasteiger partial charge < -0.3 is 19.9 Å². The highest BCUT2D eigenvalue weighted by Gasteiger charge is 2.43. The molecule has 0 bridgehead atoms. The molecule has 0 spiro atoms. The Morgan fingerprint density at radius 3 is 2.57 bits per heavy atom. The number of rotatable bonds is 5. The number of Topliss-reactive ketones (excluding diaryl/α,β-unsaturated/α-hetero) is 1. The summed E-state index contributed by atoms with van der Waals surface area (Å²) < 4.78 is 11.1. The lowest BCUT2D eigenvalue weighted by atomic mass is 9.80. The minimum absolute atomic E-state index is 0.0193. The highest BCUT2D eigenvalue weighted by molar-refractivity contribution is 5.86. The van der Waals surface area contributed by atoms with Gasteiger partial charge in [0.15, 0.2) is 17.3 Å². The fourth-order valence-electron chi connectivity index (χ4n) is 4.60. The van der Waals surface area contributed by atoms with Gasteiger partial charge in [-0.2, -0.15) is 0 Å². The van der Waals surface area contributed by atoms with Gasteiger partial charge in [-0.3, -0.25) is 9.69 Å². The first kappa shape index (κ1) is 18.9. The van der Waals surface area contributed by atoms with Gasteiger partial charge in [-0.25, -0.2) is 0 Å². The highest BCUT2D eigenvalue weighted by atomic mass is 16.5. The standard InChI is InChI=1S/C22H26N2O4/c1-27-19-11-15-10-17-21(18(26)13-25)23-8-9-24(17)22(14-6-4-3-5-7-14)16(15)12-20(19)28-2/h3-7,11-12,17,21-23,25H,8-10,13H2,1-2H3. The van der Waals surface area contributed by atoms with Crippen LogP contribution in [-0.2, 0) is 11.2 Å². The third-order valence-corrected chi connectivity index (χ3v) is 5.86. The topological polar surface area (TPSA) is 71.0 Å². The molecular weight excluding hydrogens is 356 g/mol. The van der Waals surface area contributed by atoms with Crippen molar-refractivity contribution in [3.8, 4) is 11.5 Å². The number of aliphatic hydroxyl groups excluding tert-OH is 1. The Balaban J connectivity index is 1.86. The summed E-state index contributed by atoms with van der Waals surface area (Å²) in [6, 6.07) is 14.0. The molecule has 2 aliphatic rings. The van der Waals surface area contributed by atoms with E-state index in [2.05, 4.69) is 28.4 Å². The molecule has 2 aromatic carbocycles. The number of carbonyl (C=O) groups excluding carboxylic acids is 1. The maximum absolute atomic E-state index is 12.4. The number of fused-ring (bicyclic) bond motifs is 2. The smallest absolute Gasteiger partial charge is 0.176 e. The molecule has 0 radical (unpaired) electrons. The molecule has 2 aliphatic heterocycles. The largest absolute Gasteiger partial charge is 0.493 e. The number of nitrogens with zero attached hydrogens (tertiary/aromatic N) is 1. The van der Waals surface area contributed by atoms with Gasteiger partial charge >= 0.3 is 0 Å². The molecule has 28 heavy (non-hydrogen) atoms. The second-order valence-electron chi connectivity index (χ2n) is 7.28. The van der Waals surface area contributed by atoms with Crippen LogP contribution in [0.5, 0.6) is 11.5 Å². The van der Waals surface area contributed by atoms with E-state index < -0.39 is 6.61 Å². The van der Waals surface area contributed by atoms with E-state index in [9.17, 15) is 9.90 Å². The summed E-state index contributed by atoms with van der Waals surface area (Å²) >= 11 is 0. The molecule has 0 aromatic heterocycles. The number of carbonyl (C=O) groups is 1. The van der Waals surface area contributed by atoms with Crippen LogP contribution in [0.2, 0.25) is 0 Å². The highest BCUT2D eigenvalue weighted by Crippen LogP contribution is 2.43. The zero-order valence-electron chi connectivity index (χ0n) is 16.2. The Hall–Kier alpha value is -2.41. The van der Waals surface area contributed by atoms with Crippen LogP contribution in [-0.4, -0.2) is 61.8 Å². The quantitative estimate of drug-likeness (QED) is 0.818. The summed E-state index contributed by atoms with van der Waals surface area (Å²) in [5, 5.41) is 12.8. The van der Waals surface area contributed by atoms with Crippen molar-refractivity contribution in [2.75, 3.05) is 33.9 Å². The molecule has 0 amide bonds. The Bertz CT molecular complexity index is 855. The monoisotopic (exact) mass is 382 g/mol. The number of aliphatic hydroxyl groups is 1. The summed E-state index contributed by atoms with van der Waals surface area (Å²) in [6.45, 7) is 1.09. The first-order valence-corrected chi connectivity index (χ1v) is 9.60. The van der Waals surface area contributed by atoms with E-state index in [4.69, 9.17) is 9.47 Å². The minimum atomic E-state index is -0.448. The van der Waals surface area contributed by atoms with Gasteiger partial charge in [-0.15, -0.1) is 0 Å². The maximum atomic E-state index is 12.4. The van der Waals surface area contributed by atoms with Gasteiger partial charge in [0, 0.05) is 19.1 Å². The predicted molar refractivity (Wildman–Crippen MR) is 106 cm³/mol. The number of ether oxygens (including phenoxy) is 2. The second-order valence-corrected chi connectivity index (χ2v) is 7.28. The van der Waals surface area contributed by atoms with E-state index in [1.807, 2.05) is 24.3 Å². The second kappa shape index (κ2) is 7.91. The maximum Gasteiger partial charge on any atom is 0.176 e. The number of hydrogen-bond acceptors (Lipinski definition) is 6. The van der Waals surface area contributed by atoms with E-state index in [-0.39, 0.29) is 23.9 Å². The van der Waals surface area contributed by atoms with Crippen LogP contribution in [0.1, 0.15) is 22.7 Å². The van der Waals surface area contributed by atoms with Gasteiger partial charge in [0.1, 0.15) is 6.61 Å². The van der Waals surface area contributed by atoms with E-state index in [1.54, 1.807) is 14.2 Å². The lowest BCUT2D eigenvalue weighted by molar-refractivity contribution is -0.127. The number of ketones is 1. The minimum Gasteiger partial charge on any atom is -0.493 e. The molecule has 0 aliphatic carbocycles. The van der Waals surface area contributed by atoms with Gasteiger partial charge in [0.25, 0.3) is 0 Å². The SMILES string of the molecule is COc1cc2c(cc1OC)C(c1ccccc1)N1CCNC(C(=O)CO)C1C2. The lowest BCUT2D eigenvalue weighted by Crippen LogP contribution is -2.64. The van der Waals surface area contributed by atoms with Crippen molar-refractivity contribution >= 4 is 5.78 Å². The zero-order valence-corrected chi connectivity index (χ0v) is 16.2. The third-order valence-electron chi connectivity index (χ3n) is 5.86. The molecular formula is C22H26N2O4. The number of benzene rings is 2. The molecule has 3 atom stereocenters. The fraction of sp³-hybridized carbons (Fsp3) is 0.409. The molecule has 3 unspecified atom stereocenters. The van der Waals surface area contributed by atoms with E-state index in [1.165, 1.54) is 11.1 Å². The molecule has 2 heterocycles. The average Bonchev–Trinajstić information content (AvgIpc) is 2.76. The van der Waals surface area contributed by atoms with Crippen molar-refractivity contribution in [2.24, 2.45) is 0 Å². The molecule has 0 saturated carbocycles. The summed E-state index contributed by atoms with van der Waals surface area (Å²) in [4.78, 5) is 14.8. The predicted octanol–water partition coefficient (Wildman–Crippen LogP) is 1.55. The van der Waals surface area contributed by atoms with Crippen molar-refractivity contribution in [1.82, 2.24) is 10.2 Å². The number of hydrogen-bond donors (Lipinski definition) is 2. The van der Waals surface area contributed by atoms with E-state index in [0.717, 1.165) is 12.1 Å². The molecule has 2 N–H and O–H groups in total. The van der Waals surface area contributed by atoms with Crippen molar-refractivity contribution in [1.29, 1.82) is 0 Å². The first-order chi connectivity index (χ1) is 13.7. The van der Waals surface area contributed by atoms with Gasteiger partial charge in [-0.1, -0.05) is 30.3 Å². The zero-order chi connectivity index (χ0) is 19.7. The van der Waals surface area contributed by atoms with Crippen molar-refractivity contribution in [3.05, 3.63) is 59.2 Å². The van der Waals surface area contributed by atoms with Crippen LogP contribution in [0.4, 0.5) is 0 Å². The molecule has 6 heteroatoms. The molecule has 4 rings (SSSR count). The fourth-order valence-corrected chi connectivity index (χ4v) is 4.60. The molecule has 1 saturated heterocycles. The molecule has 6 nitrogen and oxygen atoms in total. The van der Waals surface area contributed by atoms with Crippen molar-refractivity contribution in [2.45, 2.75) is 24.5 Å². The Kier molecular flexibility index (Phi) is 5.35. The molecule has 2 aromatic rings. The van der Waals surface area contributed by atoms with Crippen molar-refractivity contribution in [3.63, 3.8) is 0 Å².